The summed E-state index contributed by atoms with van der Waals surface area (Å²) in [5.41, 5.74) is 7.33. The van der Waals surface area contributed by atoms with Gasteiger partial charge in [0.15, 0.2) is 0 Å². The molecule has 0 saturated heterocycles. The smallest absolute Gasteiger partial charge is 0.126 e. The van der Waals surface area contributed by atoms with E-state index in [-0.39, 0.29) is 6.04 Å². The van der Waals surface area contributed by atoms with E-state index in [4.69, 9.17) is 16.3 Å². The van der Waals surface area contributed by atoms with Gasteiger partial charge in [0.25, 0.3) is 0 Å². The van der Waals surface area contributed by atoms with Crippen LogP contribution in [0.2, 0.25) is 5.02 Å². The molecule has 1 unspecified atom stereocenters. The van der Waals surface area contributed by atoms with E-state index in [0.29, 0.717) is 0 Å². The van der Waals surface area contributed by atoms with Crippen LogP contribution < -0.4 is 10.1 Å². The van der Waals surface area contributed by atoms with Crippen molar-refractivity contribution in [3.8, 4) is 5.75 Å². The van der Waals surface area contributed by atoms with Crippen LogP contribution in [-0.4, -0.2) is 18.6 Å². The Hall–Kier alpha value is -1.97. The highest BCUT2D eigenvalue weighted by atomic mass is 35.5. The van der Waals surface area contributed by atoms with Crippen LogP contribution in [0.3, 0.4) is 0 Å². The number of nitrogens with one attached hydrogen (secondary N) is 2. The van der Waals surface area contributed by atoms with Crippen molar-refractivity contribution in [3.63, 3.8) is 0 Å². The van der Waals surface area contributed by atoms with E-state index in [1.54, 1.807) is 7.11 Å². The molecule has 2 N–H and O–H groups in total. The predicted molar refractivity (Wildman–Crippen MR) is 99.3 cm³/mol. The normalized spacial score (nSPS) is 17.1. The monoisotopic (exact) mass is 340 g/mol. The fourth-order valence-corrected chi connectivity index (χ4v) is 4.12. The topological polar surface area (TPSA) is 37.0 Å². The highest BCUT2D eigenvalue weighted by Gasteiger charge is 2.28. The quantitative estimate of drug-likeness (QED) is 0.710. The van der Waals surface area contributed by atoms with Crippen molar-refractivity contribution in [3.05, 3.63) is 63.3 Å². The second kappa shape index (κ2) is 5.83. The van der Waals surface area contributed by atoms with Crippen LogP contribution in [0, 0.1) is 13.8 Å². The molecule has 1 aliphatic heterocycles. The molecule has 4 heteroatoms. The van der Waals surface area contributed by atoms with Gasteiger partial charge in [-0.05, 0) is 49.6 Å². The number of halogens is 1. The van der Waals surface area contributed by atoms with Gasteiger partial charge in [0, 0.05) is 33.7 Å². The number of aromatic amines is 1. The number of H-pyrrole nitrogens is 1. The summed E-state index contributed by atoms with van der Waals surface area (Å²) in [7, 11) is 1.75. The third-order valence-electron chi connectivity index (χ3n) is 4.88. The number of ether oxygens (including phenoxy) is 1. The summed E-state index contributed by atoms with van der Waals surface area (Å²) in [6, 6.07) is 10.5. The van der Waals surface area contributed by atoms with Gasteiger partial charge >= 0.3 is 0 Å². The summed E-state index contributed by atoms with van der Waals surface area (Å²) < 4.78 is 5.72. The van der Waals surface area contributed by atoms with Gasteiger partial charge in [0.05, 0.1) is 13.2 Å². The standard InChI is InChI=1S/C20H21ClN2O/c1-11-8-12(2)20(24-3)16(9-11)18-19-14(6-7-22-18)15-10-13(21)4-5-17(15)23-19/h4-5,8-10,18,22-23H,6-7H2,1-3H3. The summed E-state index contributed by atoms with van der Waals surface area (Å²) in [6.07, 6.45) is 0.999. The maximum Gasteiger partial charge on any atom is 0.126 e. The predicted octanol–water partition coefficient (Wildman–Crippen LogP) is 4.68. The lowest BCUT2D eigenvalue weighted by molar-refractivity contribution is 0.398. The number of methoxy groups -OCH3 is 1. The maximum absolute atomic E-state index is 6.21. The van der Waals surface area contributed by atoms with Crippen LogP contribution in [0.15, 0.2) is 30.3 Å². The Kier molecular flexibility index (Phi) is 3.78. The molecule has 0 fully saturated rings. The zero-order valence-electron chi connectivity index (χ0n) is 14.2. The van der Waals surface area contributed by atoms with E-state index in [9.17, 15) is 0 Å². The van der Waals surface area contributed by atoms with E-state index in [1.807, 2.05) is 6.07 Å². The molecule has 0 aliphatic carbocycles. The van der Waals surface area contributed by atoms with Crippen LogP contribution in [-0.2, 0) is 6.42 Å². The summed E-state index contributed by atoms with van der Waals surface area (Å²) in [6.45, 7) is 5.17. The van der Waals surface area contributed by atoms with Crippen LogP contribution in [0.5, 0.6) is 5.75 Å². The van der Waals surface area contributed by atoms with Crippen molar-refractivity contribution in [2.24, 2.45) is 0 Å². The molecule has 2 aromatic carbocycles. The number of rotatable bonds is 2. The van der Waals surface area contributed by atoms with Crippen LogP contribution in [0.4, 0.5) is 0 Å². The molecule has 0 bridgehead atoms. The van der Waals surface area contributed by atoms with Crippen molar-refractivity contribution >= 4 is 22.5 Å². The Morgan fingerprint density at radius 1 is 1.17 bits per heavy atom. The molecular weight excluding hydrogens is 320 g/mol. The van der Waals surface area contributed by atoms with Crippen LogP contribution >= 0.6 is 11.6 Å². The highest BCUT2D eigenvalue weighted by Crippen LogP contribution is 2.39. The average Bonchev–Trinajstić information content (AvgIpc) is 2.92. The van der Waals surface area contributed by atoms with Gasteiger partial charge in [-0.1, -0.05) is 29.3 Å². The first-order valence-electron chi connectivity index (χ1n) is 8.27. The Bertz CT molecular complexity index is 929. The van der Waals surface area contributed by atoms with Gasteiger partial charge in [-0.3, -0.25) is 0 Å². The zero-order chi connectivity index (χ0) is 16.8. The Morgan fingerprint density at radius 2 is 2.00 bits per heavy atom. The molecule has 0 amide bonds. The van der Waals surface area contributed by atoms with Crippen LogP contribution in [0.25, 0.3) is 10.9 Å². The Morgan fingerprint density at radius 3 is 2.79 bits per heavy atom. The van der Waals surface area contributed by atoms with Gasteiger partial charge in [0.2, 0.25) is 0 Å². The summed E-state index contributed by atoms with van der Waals surface area (Å²) >= 11 is 6.21. The first-order valence-corrected chi connectivity index (χ1v) is 8.65. The van der Waals surface area contributed by atoms with Gasteiger partial charge in [-0.15, -0.1) is 0 Å². The van der Waals surface area contributed by atoms with E-state index >= 15 is 0 Å². The van der Waals surface area contributed by atoms with E-state index in [0.717, 1.165) is 29.3 Å². The van der Waals surface area contributed by atoms with Crippen LogP contribution in [0.1, 0.15) is 34.0 Å². The van der Waals surface area contributed by atoms with E-state index < -0.39 is 0 Å². The highest BCUT2D eigenvalue weighted by molar-refractivity contribution is 6.31. The van der Waals surface area contributed by atoms with Gasteiger partial charge in [-0.2, -0.15) is 0 Å². The van der Waals surface area contributed by atoms with Crippen molar-refractivity contribution in [1.29, 1.82) is 0 Å². The molecule has 1 aromatic heterocycles. The lowest BCUT2D eigenvalue weighted by Crippen LogP contribution is -2.30. The lowest BCUT2D eigenvalue weighted by Gasteiger charge is -2.27. The first-order chi connectivity index (χ1) is 11.6. The fourth-order valence-electron chi connectivity index (χ4n) is 3.95. The third-order valence-corrected chi connectivity index (χ3v) is 5.11. The zero-order valence-corrected chi connectivity index (χ0v) is 14.9. The number of aryl methyl sites for hydroxylation is 2. The summed E-state index contributed by atoms with van der Waals surface area (Å²) in [4.78, 5) is 3.61. The van der Waals surface area contributed by atoms with E-state index in [1.165, 1.54) is 33.3 Å². The SMILES string of the molecule is COc1c(C)cc(C)cc1C1NCCc2c1[nH]c1ccc(Cl)cc21. The maximum atomic E-state index is 6.21. The molecule has 2 heterocycles. The first kappa shape index (κ1) is 15.6. The Balaban J connectivity index is 1.93. The van der Waals surface area contributed by atoms with E-state index in [2.05, 4.69) is 48.4 Å². The lowest BCUT2D eigenvalue weighted by atomic mass is 9.91. The van der Waals surface area contributed by atoms with Crippen molar-refractivity contribution in [2.45, 2.75) is 26.3 Å². The number of fused-ring (bicyclic) bond motifs is 3. The summed E-state index contributed by atoms with van der Waals surface area (Å²) in [5.74, 6) is 0.961. The molecule has 0 saturated carbocycles. The largest absolute Gasteiger partial charge is 0.496 e. The molecule has 1 aliphatic rings. The minimum atomic E-state index is 0.105. The molecule has 3 aromatic rings. The molecule has 0 spiro atoms. The molecule has 4 rings (SSSR count). The Labute approximate surface area is 147 Å². The second-order valence-electron chi connectivity index (χ2n) is 6.55. The van der Waals surface area contributed by atoms with Gasteiger partial charge in [-0.25, -0.2) is 0 Å². The minimum absolute atomic E-state index is 0.105. The minimum Gasteiger partial charge on any atom is -0.496 e. The van der Waals surface area contributed by atoms with Crippen molar-refractivity contribution in [1.82, 2.24) is 10.3 Å². The number of aromatic nitrogens is 1. The number of benzene rings is 2. The third kappa shape index (κ3) is 2.40. The molecule has 24 heavy (non-hydrogen) atoms. The molecular formula is C20H21ClN2O. The molecule has 1 atom stereocenters. The fraction of sp³-hybridized carbons (Fsp3) is 0.300. The molecule has 3 nitrogen and oxygen atoms in total. The second-order valence-corrected chi connectivity index (χ2v) is 6.99. The molecule has 124 valence electrons. The van der Waals surface area contributed by atoms with Gasteiger partial charge in [0.1, 0.15) is 5.75 Å². The summed E-state index contributed by atoms with van der Waals surface area (Å²) in [5, 5.41) is 5.66. The van der Waals surface area contributed by atoms with Crippen molar-refractivity contribution < 1.29 is 4.74 Å². The molecule has 0 radical (unpaired) electrons. The number of hydrogen-bond donors (Lipinski definition) is 2. The average molecular weight is 341 g/mol. The van der Waals surface area contributed by atoms with Crippen molar-refractivity contribution in [2.75, 3.05) is 13.7 Å². The van der Waals surface area contributed by atoms with Gasteiger partial charge < -0.3 is 15.0 Å². The number of hydrogen-bond acceptors (Lipinski definition) is 2.